The van der Waals surface area contributed by atoms with Gasteiger partial charge < -0.3 is 10.6 Å². The van der Waals surface area contributed by atoms with Gasteiger partial charge in [0.05, 0.1) is 21.8 Å². The van der Waals surface area contributed by atoms with Crippen LogP contribution < -0.4 is 14.9 Å². The summed E-state index contributed by atoms with van der Waals surface area (Å²) in [5, 5.41) is 5.47. The number of carbonyl (C=O) groups is 2. The number of anilines is 2. The van der Waals surface area contributed by atoms with E-state index >= 15 is 0 Å². The number of benzene rings is 3. The van der Waals surface area contributed by atoms with E-state index in [1.807, 2.05) is 6.92 Å². The van der Waals surface area contributed by atoms with Gasteiger partial charge >= 0.3 is 0 Å². The van der Waals surface area contributed by atoms with E-state index in [-0.39, 0.29) is 10.8 Å². The molecule has 0 aromatic heterocycles. The van der Waals surface area contributed by atoms with E-state index in [0.717, 1.165) is 10.7 Å². The number of sulfonamides is 1. The van der Waals surface area contributed by atoms with Gasteiger partial charge in [-0.1, -0.05) is 59.3 Å². The van der Waals surface area contributed by atoms with E-state index < -0.39 is 22.5 Å². The van der Waals surface area contributed by atoms with Crippen LogP contribution in [0.2, 0.25) is 0 Å². The van der Waals surface area contributed by atoms with Gasteiger partial charge in [-0.15, -0.1) is 0 Å². The molecule has 0 saturated heterocycles. The molecule has 2 amide bonds. The third-order valence-electron chi connectivity index (χ3n) is 4.70. The summed E-state index contributed by atoms with van der Waals surface area (Å²) in [6.45, 7) is 1.98. The second-order valence-electron chi connectivity index (χ2n) is 7.15. The molecule has 3 aromatic carbocycles. The summed E-state index contributed by atoms with van der Waals surface area (Å²) >= 11 is 3.35. The van der Waals surface area contributed by atoms with Gasteiger partial charge in [-0.2, -0.15) is 0 Å². The fourth-order valence-corrected chi connectivity index (χ4v) is 4.93. The smallest absolute Gasteiger partial charge is 0.264 e. The van der Waals surface area contributed by atoms with Crippen molar-refractivity contribution in [2.75, 3.05) is 22.7 Å². The lowest BCUT2D eigenvalue weighted by molar-refractivity contribution is -0.114. The molecule has 0 aliphatic rings. The van der Waals surface area contributed by atoms with Crippen molar-refractivity contribution in [3.63, 3.8) is 0 Å². The van der Waals surface area contributed by atoms with Crippen LogP contribution in [-0.4, -0.2) is 33.3 Å². The Balaban J connectivity index is 1.90. The Morgan fingerprint density at radius 2 is 1.64 bits per heavy atom. The molecule has 0 spiro atoms. The lowest BCUT2D eigenvalue weighted by atomic mass is 10.1. The standard InChI is InChI=1S/C24H24BrN3O4S/c1-2-15-26-24(30)21-13-6-7-14-22(21)27-23(29)17-28(19-10-8-9-18(25)16-19)33(31,32)20-11-4-3-5-12-20/h3-14,16H,2,15,17H2,1H3,(H,26,30)(H,27,29). The molecule has 0 saturated carbocycles. The molecule has 0 fully saturated rings. The first-order valence-corrected chi connectivity index (χ1v) is 12.6. The molecule has 33 heavy (non-hydrogen) atoms. The maximum atomic E-state index is 13.4. The number of nitrogens with zero attached hydrogens (tertiary/aromatic N) is 1. The SMILES string of the molecule is CCCNC(=O)c1ccccc1NC(=O)CN(c1cccc(Br)c1)S(=O)(=O)c1ccccc1. The van der Waals surface area contributed by atoms with Crippen LogP contribution in [0, 0.1) is 0 Å². The molecule has 2 N–H and O–H groups in total. The molecule has 172 valence electrons. The number of carbonyl (C=O) groups excluding carboxylic acids is 2. The fourth-order valence-electron chi connectivity index (χ4n) is 3.11. The zero-order valence-electron chi connectivity index (χ0n) is 18.0. The van der Waals surface area contributed by atoms with Crippen molar-refractivity contribution in [1.82, 2.24) is 5.32 Å². The van der Waals surface area contributed by atoms with E-state index in [9.17, 15) is 18.0 Å². The lowest BCUT2D eigenvalue weighted by Crippen LogP contribution is -2.38. The highest BCUT2D eigenvalue weighted by molar-refractivity contribution is 9.10. The Morgan fingerprint density at radius 1 is 0.939 bits per heavy atom. The van der Waals surface area contributed by atoms with E-state index in [0.29, 0.717) is 28.0 Å². The molecule has 0 heterocycles. The van der Waals surface area contributed by atoms with Crippen molar-refractivity contribution in [3.05, 3.63) is 88.9 Å². The monoisotopic (exact) mass is 529 g/mol. The molecule has 0 radical (unpaired) electrons. The Labute approximate surface area is 202 Å². The van der Waals surface area contributed by atoms with Gasteiger partial charge in [-0.3, -0.25) is 13.9 Å². The van der Waals surface area contributed by atoms with E-state index in [4.69, 9.17) is 0 Å². The van der Waals surface area contributed by atoms with Gasteiger partial charge in [-0.25, -0.2) is 8.42 Å². The normalized spacial score (nSPS) is 11.0. The molecule has 0 aliphatic carbocycles. The summed E-state index contributed by atoms with van der Waals surface area (Å²) in [7, 11) is -4.02. The molecule has 7 nitrogen and oxygen atoms in total. The molecule has 9 heteroatoms. The number of nitrogens with one attached hydrogen (secondary N) is 2. The molecule has 3 rings (SSSR count). The van der Waals surface area contributed by atoms with Crippen LogP contribution in [-0.2, 0) is 14.8 Å². The maximum absolute atomic E-state index is 13.4. The summed E-state index contributed by atoms with van der Waals surface area (Å²) in [5.74, 6) is -0.890. The molecular weight excluding hydrogens is 506 g/mol. The van der Waals surface area contributed by atoms with Gasteiger partial charge in [0.1, 0.15) is 6.54 Å². The zero-order valence-corrected chi connectivity index (χ0v) is 20.4. The third-order valence-corrected chi connectivity index (χ3v) is 6.98. The highest BCUT2D eigenvalue weighted by atomic mass is 79.9. The van der Waals surface area contributed by atoms with Gasteiger partial charge in [-0.05, 0) is 48.9 Å². The fraction of sp³-hybridized carbons (Fsp3) is 0.167. The van der Waals surface area contributed by atoms with Gasteiger partial charge in [0.25, 0.3) is 15.9 Å². The second-order valence-corrected chi connectivity index (χ2v) is 9.93. The number of hydrogen-bond donors (Lipinski definition) is 2. The average Bonchev–Trinajstić information content (AvgIpc) is 2.82. The predicted molar refractivity (Wildman–Crippen MR) is 133 cm³/mol. The van der Waals surface area contributed by atoms with Crippen molar-refractivity contribution in [2.45, 2.75) is 18.2 Å². The average molecular weight is 530 g/mol. The van der Waals surface area contributed by atoms with Crippen LogP contribution in [0.15, 0.2) is 88.2 Å². The Bertz CT molecular complexity index is 1230. The van der Waals surface area contributed by atoms with Crippen molar-refractivity contribution in [3.8, 4) is 0 Å². The minimum absolute atomic E-state index is 0.0668. The van der Waals surface area contributed by atoms with Crippen molar-refractivity contribution >= 4 is 49.1 Å². The molecule has 0 atom stereocenters. The first-order valence-electron chi connectivity index (χ1n) is 10.3. The third kappa shape index (κ3) is 6.21. The van der Waals surface area contributed by atoms with E-state index in [1.54, 1.807) is 66.7 Å². The Morgan fingerprint density at radius 3 is 2.33 bits per heavy atom. The van der Waals surface area contributed by atoms with Crippen LogP contribution in [0.3, 0.4) is 0 Å². The lowest BCUT2D eigenvalue weighted by Gasteiger charge is -2.24. The summed E-state index contributed by atoms with van der Waals surface area (Å²) in [6.07, 6.45) is 0.777. The van der Waals surface area contributed by atoms with Gasteiger partial charge in [0.15, 0.2) is 0 Å². The highest BCUT2D eigenvalue weighted by Gasteiger charge is 2.27. The van der Waals surface area contributed by atoms with Crippen LogP contribution in [0.25, 0.3) is 0 Å². The molecule has 3 aromatic rings. The Kier molecular flexibility index (Phi) is 8.24. The first-order chi connectivity index (χ1) is 15.8. The minimum atomic E-state index is -4.02. The molecule has 0 bridgehead atoms. The first kappa shape index (κ1) is 24.5. The zero-order chi connectivity index (χ0) is 23.8. The number of para-hydroxylation sites is 1. The summed E-state index contributed by atoms with van der Waals surface area (Å²) in [4.78, 5) is 25.5. The van der Waals surface area contributed by atoms with Crippen molar-refractivity contribution in [1.29, 1.82) is 0 Å². The molecule has 0 aliphatic heterocycles. The van der Waals surface area contributed by atoms with Gasteiger partial charge in [0.2, 0.25) is 5.91 Å². The quantitative estimate of drug-likeness (QED) is 0.428. The second kappa shape index (κ2) is 11.1. The number of hydrogen-bond acceptors (Lipinski definition) is 4. The minimum Gasteiger partial charge on any atom is -0.352 e. The van der Waals surface area contributed by atoms with Crippen LogP contribution in [0.5, 0.6) is 0 Å². The van der Waals surface area contributed by atoms with Crippen LogP contribution in [0.1, 0.15) is 23.7 Å². The Hall–Kier alpha value is -3.17. The van der Waals surface area contributed by atoms with Gasteiger partial charge in [0, 0.05) is 11.0 Å². The van der Waals surface area contributed by atoms with E-state index in [2.05, 4.69) is 26.6 Å². The summed E-state index contributed by atoms with van der Waals surface area (Å²) < 4.78 is 28.5. The summed E-state index contributed by atoms with van der Waals surface area (Å²) in [5.41, 5.74) is 0.943. The van der Waals surface area contributed by atoms with Crippen LogP contribution in [0.4, 0.5) is 11.4 Å². The van der Waals surface area contributed by atoms with E-state index in [1.165, 1.54) is 12.1 Å². The van der Waals surface area contributed by atoms with Crippen molar-refractivity contribution in [2.24, 2.45) is 0 Å². The largest absolute Gasteiger partial charge is 0.352 e. The van der Waals surface area contributed by atoms with Crippen molar-refractivity contribution < 1.29 is 18.0 Å². The maximum Gasteiger partial charge on any atom is 0.264 e. The molecular formula is C24H24BrN3O4S. The number of amides is 2. The predicted octanol–water partition coefficient (Wildman–Crippen LogP) is 4.42. The number of halogens is 1. The summed E-state index contributed by atoms with van der Waals surface area (Å²) in [6, 6.07) is 21.2. The van der Waals surface area contributed by atoms with Crippen LogP contribution >= 0.6 is 15.9 Å². The number of rotatable bonds is 9. The molecule has 0 unspecified atom stereocenters. The highest BCUT2D eigenvalue weighted by Crippen LogP contribution is 2.26. The topological polar surface area (TPSA) is 95.6 Å².